The average Bonchev–Trinajstić information content (AvgIpc) is 3.20. The molecule has 0 amide bonds. The molecule has 0 radical (unpaired) electrons. The van der Waals surface area contributed by atoms with E-state index in [1.165, 1.54) is 35.2 Å². The van der Waals surface area contributed by atoms with Crippen molar-refractivity contribution in [3.8, 4) is 17.2 Å². The first kappa shape index (κ1) is 34.9. The van der Waals surface area contributed by atoms with Gasteiger partial charge in [0.25, 0.3) is 0 Å². The second-order valence-electron chi connectivity index (χ2n) is 15.8. The number of rotatable bonds is 10. The zero-order chi connectivity index (χ0) is 35.0. The number of nitrogens with one attached hydrogen (secondary N) is 1. The molecular weight excluding hydrogens is 650 g/mol. The van der Waals surface area contributed by atoms with Crippen LogP contribution in [0.1, 0.15) is 93.5 Å². The molecule has 9 heteroatoms. The van der Waals surface area contributed by atoms with Gasteiger partial charge in [0.05, 0.1) is 13.2 Å². The highest BCUT2D eigenvalue weighted by molar-refractivity contribution is 6.30. The Kier molecular flexibility index (Phi) is 9.97. The summed E-state index contributed by atoms with van der Waals surface area (Å²) in [5.74, 6) is 2.91. The van der Waals surface area contributed by atoms with E-state index in [0.717, 1.165) is 68.0 Å². The highest BCUT2D eigenvalue weighted by atomic mass is 35.5. The topological polar surface area (TPSA) is 93.2 Å². The number of pyridine rings is 1. The van der Waals surface area contributed by atoms with E-state index in [4.69, 9.17) is 25.8 Å². The van der Waals surface area contributed by atoms with Gasteiger partial charge in [-0.3, -0.25) is 4.98 Å². The molecule has 4 aliphatic rings. The number of hydrogen-bond donors (Lipinski definition) is 2. The minimum atomic E-state index is -1.07. The molecule has 1 aromatic heterocycles. The number of benzene rings is 2. The molecule has 1 spiro atoms. The fourth-order valence-corrected chi connectivity index (χ4v) is 9.58. The number of aliphatic carboxylic acids is 1. The quantitative estimate of drug-likeness (QED) is 0.218. The number of carbonyl (C=O) groups is 1. The molecule has 2 N–H and O–H groups in total. The van der Waals surface area contributed by atoms with E-state index in [1.807, 2.05) is 36.5 Å². The lowest BCUT2D eigenvalue weighted by atomic mass is 9.59. The van der Waals surface area contributed by atoms with Crippen LogP contribution >= 0.6 is 11.6 Å². The lowest BCUT2D eigenvalue weighted by molar-refractivity contribution is -0.144. The van der Waals surface area contributed by atoms with Crippen molar-refractivity contribution in [2.24, 2.45) is 11.8 Å². The summed E-state index contributed by atoms with van der Waals surface area (Å²) in [6.45, 7) is 6.67. The summed E-state index contributed by atoms with van der Waals surface area (Å²) in [6.07, 6.45) is 10.6. The predicted octanol–water partition coefficient (Wildman–Crippen LogP) is 8.29. The standard InChI is InChI=1S/C41H52ClN3O5/c1-26(25-49-35-11-17-43-34-10-5-7-27(2)38(34)35)19-29-20-28-21-36-37(50-32(12-18-48-36)24-45(3)4)23-33(28)40(29)13-15-41(16-14-40,39(46)47)44-31-9-6-8-30(42)22-31/h6,8-9,11,17,21-23,26-27,29,32,44H,5,7,10,12-16,18-20,24-25H2,1-4H3,(H,46,47)/t26-,27-,29+,32-,40?,41?/m1/s1. The van der Waals surface area contributed by atoms with Crippen LogP contribution in [0.25, 0.3) is 0 Å². The number of hydrogen-bond acceptors (Lipinski definition) is 7. The Morgan fingerprint density at radius 3 is 2.72 bits per heavy atom. The highest BCUT2D eigenvalue weighted by Crippen LogP contribution is 2.58. The van der Waals surface area contributed by atoms with Gasteiger partial charge >= 0.3 is 5.97 Å². The van der Waals surface area contributed by atoms with Crippen molar-refractivity contribution < 1.29 is 24.1 Å². The van der Waals surface area contributed by atoms with Crippen molar-refractivity contribution in [2.45, 2.75) is 101 Å². The van der Waals surface area contributed by atoms with Crippen LogP contribution in [0.3, 0.4) is 0 Å². The maximum atomic E-state index is 13.0. The van der Waals surface area contributed by atoms with Crippen molar-refractivity contribution in [1.29, 1.82) is 0 Å². The van der Waals surface area contributed by atoms with E-state index in [-0.39, 0.29) is 11.5 Å². The van der Waals surface area contributed by atoms with Crippen molar-refractivity contribution in [3.05, 3.63) is 76.1 Å². The van der Waals surface area contributed by atoms with E-state index >= 15 is 0 Å². The molecule has 4 atom stereocenters. The van der Waals surface area contributed by atoms with Gasteiger partial charge in [-0.1, -0.05) is 31.5 Å². The minimum absolute atomic E-state index is 0.0455. The molecule has 3 aliphatic carbocycles. The highest BCUT2D eigenvalue weighted by Gasteiger charge is 2.54. The number of nitrogens with zero attached hydrogens (tertiary/aromatic N) is 2. The van der Waals surface area contributed by atoms with Gasteiger partial charge in [-0.15, -0.1) is 0 Å². The van der Waals surface area contributed by atoms with Crippen LogP contribution in [0.4, 0.5) is 5.69 Å². The summed E-state index contributed by atoms with van der Waals surface area (Å²) < 4.78 is 19.5. The third kappa shape index (κ3) is 6.90. The lowest BCUT2D eigenvalue weighted by Gasteiger charge is -2.47. The summed E-state index contributed by atoms with van der Waals surface area (Å²) in [6, 6.07) is 13.9. The Hall–Kier alpha value is -3.49. The fraction of sp³-hybridized carbons (Fsp3) is 0.561. The Morgan fingerprint density at radius 2 is 1.96 bits per heavy atom. The molecule has 3 aromatic rings. The number of halogens is 1. The SMILES string of the molecule is C[C@@H](COc1ccnc2c1[C@H](C)CCC2)C[C@H]1Cc2cc3c(cc2C12CCC(Nc1cccc(Cl)c1)(C(=O)O)CC2)O[C@@H](CN(C)C)CCO3. The third-order valence-electron chi connectivity index (χ3n) is 11.9. The molecule has 7 rings (SSSR count). The van der Waals surface area contributed by atoms with Crippen LogP contribution in [0.5, 0.6) is 17.2 Å². The van der Waals surface area contributed by atoms with Crippen LogP contribution in [0.2, 0.25) is 5.02 Å². The molecule has 2 aromatic carbocycles. The number of aromatic nitrogens is 1. The fourth-order valence-electron chi connectivity index (χ4n) is 9.39. The largest absolute Gasteiger partial charge is 0.493 e. The molecule has 0 bridgehead atoms. The second-order valence-corrected chi connectivity index (χ2v) is 16.2. The first-order valence-corrected chi connectivity index (χ1v) is 18.9. The predicted molar refractivity (Wildman–Crippen MR) is 197 cm³/mol. The van der Waals surface area contributed by atoms with E-state index in [1.54, 1.807) is 0 Å². The van der Waals surface area contributed by atoms with E-state index < -0.39 is 11.5 Å². The molecule has 1 aliphatic heterocycles. The van der Waals surface area contributed by atoms with Crippen LogP contribution < -0.4 is 19.5 Å². The van der Waals surface area contributed by atoms with Gasteiger partial charge in [-0.25, -0.2) is 4.79 Å². The number of ether oxygens (including phenoxy) is 3. The first-order chi connectivity index (χ1) is 24.0. The zero-order valence-corrected chi connectivity index (χ0v) is 30.7. The minimum Gasteiger partial charge on any atom is -0.493 e. The molecular formula is C41H52ClN3O5. The normalized spacial score (nSPS) is 27.7. The number of carboxylic acids is 1. The van der Waals surface area contributed by atoms with E-state index in [9.17, 15) is 9.90 Å². The third-order valence-corrected chi connectivity index (χ3v) is 12.1. The van der Waals surface area contributed by atoms with Crippen LogP contribution in [0.15, 0.2) is 48.7 Å². The molecule has 268 valence electrons. The average molecular weight is 702 g/mol. The lowest BCUT2D eigenvalue weighted by Crippen LogP contribution is -2.53. The Bertz CT molecular complexity index is 1700. The van der Waals surface area contributed by atoms with Crippen LogP contribution in [0, 0.1) is 11.8 Å². The smallest absolute Gasteiger partial charge is 0.329 e. The van der Waals surface area contributed by atoms with Crippen molar-refractivity contribution in [2.75, 3.05) is 39.2 Å². The van der Waals surface area contributed by atoms with Crippen molar-refractivity contribution >= 4 is 23.3 Å². The number of likely N-dealkylation sites (N-methyl/N-ethyl adjacent to an activating group) is 1. The molecule has 50 heavy (non-hydrogen) atoms. The number of carboxylic acid groups (broad SMARTS) is 1. The molecule has 1 saturated carbocycles. The van der Waals surface area contributed by atoms with Gasteiger partial charge in [-0.2, -0.15) is 0 Å². The van der Waals surface area contributed by atoms with E-state index in [0.29, 0.717) is 48.8 Å². The molecule has 2 heterocycles. The van der Waals surface area contributed by atoms with Gasteiger partial charge in [0.2, 0.25) is 0 Å². The zero-order valence-electron chi connectivity index (χ0n) is 30.0. The van der Waals surface area contributed by atoms with Gasteiger partial charge in [-0.05, 0) is 143 Å². The second kappa shape index (κ2) is 14.3. The number of aryl methyl sites for hydroxylation is 1. The van der Waals surface area contributed by atoms with Crippen LogP contribution in [-0.4, -0.2) is 66.5 Å². The summed E-state index contributed by atoms with van der Waals surface area (Å²) in [7, 11) is 4.14. The Morgan fingerprint density at radius 1 is 1.14 bits per heavy atom. The summed E-state index contributed by atoms with van der Waals surface area (Å²) in [5.41, 5.74) is 4.57. The maximum Gasteiger partial charge on any atom is 0.329 e. The van der Waals surface area contributed by atoms with Gasteiger partial charge in [0.1, 0.15) is 17.4 Å². The molecule has 0 unspecified atom stereocenters. The molecule has 0 saturated heterocycles. The van der Waals surface area contributed by atoms with Crippen LogP contribution in [-0.2, 0) is 23.1 Å². The van der Waals surface area contributed by atoms with Gasteiger partial charge in [0, 0.05) is 41.1 Å². The first-order valence-electron chi connectivity index (χ1n) is 18.5. The molecule has 1 fully saturated rings. The van der Waals surface area contributed by atoms with Gasteiger partial charge in [0.15, 0.2) is 11.5 Å². The summed E-state index contributed by atoms with van der Waals surface area (Å²) in [4.78, 5) is 19.9. The summed E-state index contributed by atoms with van der Waals surface area (Å²) in [5, 5.41) is 14.7. The van der Waals surface area contributed by atoms with Crippen molar-refractivity contribution in [3.63, 3.8) is 0 Å². The van der Waals surface area contributed by atoms with Gasteiger partial charge < -0.3 is 29.5 Å². The number of anilines is 1. The number of fused-ring (bicyclic) bond motifs is 4. The van der Waals surface area contributed by atoms with Crippen molar-refractivity contribution in [1.82, 2.24) is 9.88 Å². The van der Waals surface area contributed by atoms with E-state index in [2.05, 4.69) is 55.3 Å². The maximum absolute atomic E-state index is 13.0. The molecule has 8 nitrogen and oxygen atoms in total. The monoisotopic (exact) mass is 701 g/mol. The summed E-state index contributed by atoms with van der Waals surface area (Å²) >= 11 is 6.30. The Labute approximate surface area is 301 Å². The Balaban J connectivity index is 1.16.